The van der Waals surface area contributed by atoms with E-state index in [-0.39, 0.29) is 0 Å². The molecule has 1 N–H and O–H groups in total. The zero-order chi connectivity index (χ0) is 13.5. The molecule has 1 aliphatic carbocycles. The second-order valence-corrected chi connectivity index (χ2v) is 5.40. The number of rotatable bonds is 6. The topological polar surface area (TPSA) is 21.3 Å². The lowest BCUT2D eigenvalue weighted by Crippen LogP contribution is -2.30. The van der Waals surface area contributed by atoms with Crippen molar-refractivity contribution in [2.45, 2.75) is 44.6 Å². The molecule has 0 radical (unpaired) electrons. The van der Waals surface area contributed by atoms with Crippen LogP contribution in [0, 0.1) is 5.92 Å². The third-order valence-electron chi connectivity index (χ3n) is 4.08. The Labute approximate surface area is 116 Å². The molecule has 19 heavy (non-hydrogen) atoms. The number of methoxy groups -OCH3 is 1. The molecule has 0 aliphatic heterocycles. The van der Waals surface area contributed by atoms with E-state index in [1.165, 1.54) is 37.8 Å². The van der Waals surface area contributed by atoms with Crippen molar-refractivity contribution in [3.05, 3.63) is 36.9 Å². The van der Waals surface area contributed by atoms with Gasteiger partial charge in [-0.3, -0.25) is 0 Å². The number of nitrogens with one attached hydrogen (secondary N) is 1. The van der Waals surface area contributed by atoms with Crippen molar-refractivity contribution in [3.8, 4) is 5.75 Å². The number of hydrogen-bond acceptors (Lipinski definition) is 2. The molecule has 0 bridgehead atoms. The fraction of sp³-hybridized carbons (Fsp3) is 0.529. The maximum atomic E-state index is 5.19. The van der Waals surface area contributed by atoms with Crippen LogP contribution in [0.1, 0.15) is 38.5 Å². The van der Waals surface area contributed by atoms with Gasteiger partial charge in [0.15, 0.2) is 0 Å². The SMILES string of the molecule is C=CC[C@H](Nc1ccc(OC)cc1)C1CCCCC1. The number of benzene rings is 1. The van der Waals surface area contributed by atoms with Gasteiger partial charge in [-0.1, -0.05) is 25.3 Å². The molecule has 104 valence electrons. The minimum absolute atomic E-state index is 0.520. The summed E-state index contributed by atoms with van der Waals surface area (Å²) in [6.07, 6.45) is 9.93. The molecule has 1 aromatic rings. The Morgan fingerprint density at radius 3 is 2.53 bits per heavy atom. The lowest BCUT2D eigenvalue weighted by atomic mass is 9.82. The van der Waals surface area contributed by atoms with Crippen LogP contribution >= 0.6 is 0 Å². The van der Waals surface area contributed by atoms with Crippen molar-refractivity contribution in [3.63, 3.8) is 0 Å². The molecular weight excluding hydrogens is 234 g/mol. The molecule has 0 heterocycles. The van der Waals surface area contributed by atoms with Crippen molar-refractivity contribution in [1.82, 2.24) is 0 Å². The standard InChI is InChI=1S/C17H25NO/c1-3-7-17(14-8-5-4-6-9-14)18-15-10-12-16(19-2)13-11-15/h3,10-14,17-18H,1,4-9H2,2H3/t17-/m0/s1. The van der Waals surface area contributed by atoms with Crippen LogP contribution < -0.4 is 10.1 Å². The quantitative estimate of drug-likeness (QED) is 0.752. The van der Waals surface area contributed by atoms with E-state index in [9.17, 15) is 0 Å². The van der Waals surface area contributed by atoms with Crippen LogP contribution in [0.25, 0.3) is 0 Å². The Balaban J connectivity index is 1.99. The average molecular weight is 259 g/mol. The molecule has 0 saturated heterocycles. The molecule has 2 rings (SSSR count). The normalized spacial score (nSPS) is 17.7. The summed E-state index contributed by atoms with van der Waals surface area (Å²) in [7, 11) is 1.70. The molecule has 2 heteroatoms. The van der Waals surface area contributed by atoms with Gasteiger partial charge in [-0.25, -0.2) is 0 Å². The van der Waals surface area contributed by atoms with E-state index in [4.69, 9.17) is 4.74 Å². The van der Waals surface area contributed by atoms with E-state index in [1.54, 1.807) is 7.11 Å². The number of hydrogen-bond donors (Lipinski definition) is 1. The fourth-order valence-electron chi connectivity index (χ4n) is 2.99. The Bertz CT molecular complexity index is 379. The highest BCUT2D eigenvalue weighted by Crippen LogP contribution is 2.30. The van der Waals surface area contributed by atoms with Crippen LogP contribution in [-0.2, 0) is 0 Å². The van der Waals surface area contributed by atoms with Crippen LogP contribution in [0.15, 0.2) is 36.9 Å². The zero-order valence-electron chi connectivity index (χ0n) is 11.9. The van der Waals surface area contributed by atoms with Gasteiger partial charge in [0.25, 0.3) is 0 Å². The second kappa shape index (κ2) is 7.22. The minimum Gasteiger partial charge on any atom is -0.497 e. The first-order valence-corrected chi connectivity index (χ1v) is 7.35. The van der Waals surface area contributed by atoms with Gasteiger partial charge >= 0.3 is 0 Å². The van der Waals surface area contributed by atoms with Gasteiger partial charge in [0.05, 0.1) is 7.11 Å². The summed E-state index contributed by atoms with van der Waals surface area (Å²) in [5, 5.41) is 3.67. The van der Waals surface area contributed by atoms with Crippen LogP contribution in [-0.4, -0.2) is 13.2 Å². The van der Waals surface area contributed by atoms with Crippen molar-refractivity contribution < 1.29 is 4.74 Å². The predicted molar refractivity (Wildman–Crippen MR) is 81.8 cm³/mol. The summed E-state index contributed by atoms with van der Waals surface area (Å²) in [5.74, 6) is 1.69. The van der Waals surface area contributed by atoms with Gasteiger partial charge in [0.1, 0.15) is 5.75 Å². The summed E-state index contributed by atoms with van der Waals surface area (Å²) < 4.78 is 5.19. The van der Waals surface area contributed by atoms with Gasteiger partial charge in [-0.15, -0.1) is 6.58 Å². The highest BCUT2D eigenvalue weighted by Gasteiger charge is 2.22. The van der Waals surface area contributed by atoms with E-state index in [2.05, 4.69) is 24.0 Å². The predicted octanol–water partition coefficient (Wildman–Crippen LogP) is 4.63. The zero-order valence-corrected chi connectivity index (χ0v) is 11.9. The van der Waals surface area contributed by atoms with Gasteiger partial charge in [-0.2, -0.15) is 0 Å². The van der Waals surface area contributed by atoms with E-state index in [1.807, 2.05) is 18.2 Å². The third kappa shape index (κ3) is 4.02. The van der Waals surface area contributed by atoms with Gasteiger partial charge in [-0.05, 0) is 49.4 Å². The van der Waals surface area contributed by atoms with Gasteiger partial charge in [0.2, 0.25) is 0 Å². The van der Waals surface area contributed by atoms with E-state index < -0.39 is 0 Å². The Kier molecular flexibility index (Phi) is 5.31. The maximum absolute atomic E-state index is 5.19. The van der Waals surface area contributed by atoms with Crippen LogP contribution in [0.5, 0.6) is 5.75 Å². The number of anilines is 1. The summed E-state index contributed by atoms with van der Waals surface area (Å²) in [6.45, 7) is 3.90. The first kappa shape index (κ1) is 14.0. The first-order chi connectivity index (χ1) is 9.33. The summed E-state index contributed by atoms with van der Waals surface area (Å²) >= 11 is 0. The van der Waals surface area contributed by atoms with Crippen molar-refractivity contribution >= 4 is 5.69 Å². The van der Waals surface area contributed by atoms with Crippen molar-refractivity contribution in [2.24, 2.45) is 5.92 Å². The van der Waals surface area contributed by atoms with Crippen LogP contribution in [0.2, 0.25) is 0 Å². The van der Waals surface area contributed by atoms with Crippen LogP contribution in [0.4, 0.5) is 5.69 Å². The number of ether oxygens (including phenoxy) is 1. The van der Waals surface area contributed by atoms with Gasteiger partial charge < -0.3 is 10.1 Å². The van der Waals surface area contributed by atoms with E-state index in [0.717, 1.165) is 18.1 Å². The fourth-order valence-corrected chi connectivity index (χ4v) is 2.99. The summed E-state index contributed by atoms with van der Waals surface area (Å²) in [5.41, 5.74) is 1.18. The van der Waals surface area contributed by atoms with Crippen molar-refractivity contribution in [1.29, 1.82) is 0 Å². The molecule has 1 fully saturated rings. The molecule has 0 aromatic heterocycles. The Hall–Kier alpha value is -1.44. The Morgan fingerprint density at radius 2 is 1.95 bits per heavy atom. The molecule has 2 nitrogen and oxygen atoms in total. The lowest BCUT2D eigenvalue weighted by molar-refractivity contribution is 0.318. The largest absolute Gasteiger partial charge is 0.497 e. The van der Waals surface area contributed by atoms with E-state index in [0.29, 0.717) is 6.04 Å². The highest BCUT2D eigenvalue weighted by atomic mass is 16.5. The molecule has 0 spiro atoms. The minimum atomic E-state index is 0.520. The Morgan fingerprint density at radius 1 is 1.26 bits per heavy atom. The molecule has 1 saturated carbocycles. The first-order valence-electron chi connectivity index (χ1n) is 7.35. The third-order valence-corrected chi connectivity index (χ3v) is 4.08. The lowest BCUT2D eigenvalue weighted by Gasteiger charge is -2.31. The molecule has 1 atom stereocenters. The van der Waals surface area contributed by atoms with E-state index >= 15 is 0 Å². The summed E-state index contributed by atoms with van der Waals surface area (Å²) in [6, 6.07) is 8.73. The maximum Gasteiger partial charge on any atom is 0.119 e. The molecule has 1 aromatic carbocycles. The average Bonchev–Trinajstić information content (AvgIpc) is 2.48. The second-order valence-electron chi connectivity index (χ2n) is 5.40. The molecule has 1 aliphatic rings. The smallest absolute Gasteiger partial charge is 0.119 e. The van der Waals surface area contributed by atoms with Crippen LogP contribution in [0.3, 0.4) is 0 Å². The summed E-state index contributed by atoms with van der Waals surface area (Å²) in [4.78, 5) is 0. The van der Waals surface area contributed by atoms with Gasteiger partial charge in [0, 0.05) is 11.7 Å². The monoisotopic (exact) mass is 259 g/mol. The van der Waals surface area contributed by atoms with Crippen molar-refractivity contribution in [2.75, 3.05) is 12.4 Å². The molecule has 0 amide bonds. The molecular formula is C17H25NO. The molecule has 0 unspecified atom stereocenters. The highest BCUT2D eigenvalue weighted by molar-refractivity contribution is 5.47.